The van der Waals surface area contributed by atoms with Crippen LogP contribution in [0.1, 0.15) is 16.7 Å². The normalized spacial score (nSPS) is 11.8. The molecule has 0 atom stereocenters. The minimum atomic E-state index is -4.36. The Balaban J connectivity index is 1.88. The summed E-state index contributed by atoms with van der Waals surface area (Å²) in [5.74, 6) is 0. The molecule has 30 heavy (non-hydrogen) atoms. The van der Waals surface area contributed by atoms with E-state index in [9.17, 15) is 13.2 Å². The van der Waals surface area contributed by atoms with E-state index in [0.29, 0.717) is 5.69 Å². The highest BCUT2D eigenvalue weighted by Crippen LogP contribution is 2.36. The molecule has 0 aliphatic rings. The van der Waals surface area contributed by atoms with Crippen molar-refractivity contribution < 1.29 is 13.2 Å². The largest absolute Gasteiger partial charge is 0.416 e. The van der Waals surface area contributed by atoms with Gasteiger partial charge in [0.2, 0.25) is 0 Å². The van der Waals surface area contributed by atoms with Gasteiger partial charge in [-0.05, 0) is 59.8 Å². The Bertz CT molecular complexity index is 1120. The summed E-state index contributed by atoms with van der Waals surface area (Å²) < 4.78 is 40.8. The van der Waals surface area contributed by atoms with Crippen LogP contribution < -0.4 is 16.2 Å². The van der Waals surface area contributed by atoms with E-state index in [4.69, 9.17) is 0 Å². The number of nitrogens with zero attached hydrogens (tertiary/aromatic N) is 2. The molecule has 0 saturated heterocycles. The minimum absolute atomic E-state index is 0.658. The van der Waals surface area contributed by atoms with Crippen molar-refractivity contribution in [1.29, 1.82) is 0 Å². The van der Waals surface area contributed by atoms with E-state index in [1.54, 1.807) is 6.20 Å². The summed E-state index contributed by atoms with van der Waals surface area (Å²) in [5.41, 5.74) is 3.15. The highest BCUT2D eigenvalue weighted by atomic mass is 31.1. The molecule has 0 radical (unpaired) electrons. The first-order valence-electron chi connectivity index (χ1n) is 9.48. The molecule has 0 aliphatic carbocycles. The van der Waals surface area contributed by atoms with Crippen LogP contribution >= 0.6 is 7.92 Å². The molecule has 0 spiro atoms. The van der Waals surface area contributed by atoms with Gasteiger partial charge in [0.15, 0.2) is 0 Å². The summed E-state index contributed by atoms with van der Waals surface area (Å²) in [4.78, 5) is 4.67. The highest BCUT2D eigenvalue weighted by Gasteiger charge is 2.30. The van der Waals surface area contributed by atoms with Crippen molar-refractivity contribution in [3.8, 4) is 5.69 Å². The maximum Gasteiger partial charge on any atom is 0.416 e. The van der Waals surface area contributed by atoms with Crippen molar-refractivity contribution in [2.45, 2.75) is 20.0 Å². The summed E-state index contributed by atoms with van der Waals surface area (Å²) in [7, 11) is -0.996. The van der Waals surface area contributed by atoms with Crippen molar-refractivity contribution in [3.05, 3.63) is 102 Å². The Kier molecular flexibility index (Phi) is 5.48. The number of halogens is 3. The van der Waals surface area contributed by atoms with Crippen molar-refractivity contribution in [2.24, 2.45) is 0 Å². The molecule has 0 saturated carbocycles. The van der Waals surface area contributed by atoms with Crippen LogP contribution in [0, 0.1) is 13.8 Å². The van der Waals surface area contributed by atoms with E-state index in [1.807, 2.05) is 35.0 Å². The SMILES string of the molecule is Cc1ccccc1P(c1ccccc1C)c1nccn1-c1ccc(C(F)(F)F)cc1. The summed E-state index contributed by atoms with van der Waals surface area (Å²) in [6, 6.07) is 21.6. The molecule has 1 aromatic heterocycles. The topological polar surface area (TPSA) is 17.8 Å². The first-order chi connectivity index (χ1) is 14.4. The molecule has 0 N–H and O–H groups in total. The van der Waals surface area contributed by atoms with Gasteiger partial charge in [0, 0.05) is 26.0 Å². The zero-order valence-electron chi connectivity index (χ0n) is 16.6. The fourth-order valence-electron chi connectivity index (χ4n) is 3.45. The molecule has 3 aromatic carbocycles. The maximum absolute atomic E-state index is 13.0. The molecule has 4 rings (SSSR count). The van der Waals surface area contributed by atoms with Crippen LogP contribution in [0.3, 0.4) is 0 Å². The van der Waals surface area contributed by atoms with Crippen LogP contribution in [0.15, 0.2) is 85.2 Å². The Hall–Kier alpha value is -2.91. The van der Waals surface area contributed by atoms with E-state index < -0.39 is 19.7 Å². The van der Waals surface area contributed by atoms with Gasteiger partial charge in [-0.15, -0.1) is 0 Å². The number of hydrogen-bond donors (Lipinski definition) is 0. The molecular formula is C24H20F3N2P. The zero-order chi connectivity index (χ0) is 21.3. The maximum atomic E-state index is 13.0. The lowest BCUT2D eigenvalue weighted by molar-refractivity contribution is -0.137. The van der Waals surface area contributed by atoms with E-state index in [0.717, 1.165) is 28.8 Å². The van der Waals surface area contributed by atoms with Gasteiger partial charge in [-0.2, -0.15) is 13.2 Å². The third-order valence-electron chi connectivity index (χ3n) is 5.01. The van der Waals surface area contributed by atoms with Gasteiger partial charge in [-0.25, -0.2) is 4.98 Å². The average Bonchev–Trinajstić information content (AvgIpc) is 3.20. The predicted octanol–water partition coefficient (Wildman–Crippen LogP) is 5.27. The Morgan fingerprint density at radius 3 is 1.80 bits per heavy atom. The standard InChI is InChI=1S/C24H20F3N2P/c1-17-7-3-5-9-21(17)30(22-10-6-4-8-18(22)2)23-28-15-16-29(23)20-13-11-19(12-14-20)24(25,26)27/h3-16H,1-2H3. The Morgan fingerprint density at radius 2 is 1.30 bits per heavy atom. The monoisotopic (exact) mass is 424 g/mol. The van der Waals surface area contributed by atoms with Crippen LogP contribution in [0.25, 0.3) is 5.69 Å². The molecule has 0 fully saturated rings. The van der Waals surface area contributed by atoms with Gasteiger partial charge >= 0.3 is 6.18 Å². The third kappa shape index (κ3) is 3.90. The van der Waals surface area contributed by atoms with Crippen LogP contribution in [-0.2, 0) is 6.18 Å². The summed E-state index contributed by atoms with van der Waals surface area (Å²) >= 11 is 0. The summed E-state index contributed by atoms with van der Waals surface area (Å²) in [5, 5.41) is 2.36. The van der Waals surface area contributed by atoms with Gasteiger partial charge in [-0.3, -0.25) is 4.57 Å². The van der Waals surface area contributed by atoms with Gasteiger partial charge in [0.05, 0.1) is 5.56 Å². The molecule has 6 heteroatoms. The Morgan fingerprint density at radius 1 is 0.767 bits per heavy atom. The second kappa shape index (κ2) is 8.08. The van der Waals surface area contributed by atoms with E-state index >= 15 is 0 Å². The van der Waals surface area contributed by atoms with E-state index in [2.05, 4.69) is 43.1 Å². The van der Waals surface area contributed by atoms with E-state index in [-0.39, 0.29) is 0 Å². The van der Waals surface area contributed by atoms with Crippen molar-refractivity contribution >= 4 is 24.1 Å². The highest BCUT2D eigenvalue weighted by molar-refractivity contribution is 7.79. The molecule has 152 valence electrons. The van der Waals surface area contributed by atoms with Crippen LogP contribution in [0.5, 0.6) is 0 Å². The summed E-state index contributed by atoms with van der Waals surface area (Å²) in [6.45, 7) is 4.16. The van der Waals surface area contributed by atoms with Crippen molar-refractivity contribution in [2.75, 3.05) is 0 Å². The zero-order valence-corrected chi connectivity index (χ0v) is 17.5. The van der Waals surface area contributed by atoms with Gasteiger partial charge < -0.3 is 0 Å². The average molecular weight is 424 g/mol. The van der Waals surface area contributed by atoms with Crippen molar-refractivity contribution in [3.63, 3.8) is 0 Å². The minimum Gasteiger partial charge on any atom is -0.300 e. The molecule has 0 unspecified atom stereocenters. The van der Waals surface area contributed by atoms with E-state index in [1.165, 1.54) is 22.7 Å². The van der Waals surface area contributed by atoms with Gasteiger partial charge in [0.25, 0.3) is 0 Å². The number of benzene rings is 3. The first kappa shape index (κ1) is 20.4. The molecule has 0 aliphatic heterocycles. The van der Waals surface area contributed by atoms with Gasteiger partial charge in [-0.1, -0.05) is 48.5 Å². The number of imidazole rings is 1. The van der Waals surface area contributed by atoms with Crippen LogP contribution in [0.2, 0.25) is 0 Å². The molecule has 0 bridgehead atoms. The number of hydrogen-bond acceptors (Lipinski definition) is 1. The molecule has 2 nitrogen and oxygen atoms in total. The number of aromatic nitrogens is 2. The smallest absolute Gasteiger partial charge is 0.300 e. The third-order valence-corrected chi connectivity index (χ3v) is 7.70. The lowest BCUT2D eigenvalue weighted by atomic mass is 10.2. The molecule has 0 amide bonds. The second-order valence-corrected chi connectivity index (χ2v) is 9.08. The molecular weight excluding hydrogens is 404 g/mol. The van der Waals surface area contributed by atoms with Crippen LogP contribution in [-0.4, -0.2) is 9.55 Å². The summed E-state index contributed by atoms with van der Waals surface area (Å²) in [6.07, 6.45) is -0.839. The fourth-order valence-corrected chi connectivity index (χ4v) is 6.04. The first-order valence-corrected chi connectivity index (χ1v) is 10.8. The Labute approximate surface area is 174 Å². The molecule has 1 heterocycles. The second-order valence-electron chi connectivity index (χ2n) is 7.05. The van der Waals surface area contributed by atoms with Crippen molar-refractivity contribution in [1.82, 2.24) is 9.55 Å². The predicted molar refractivity (Wildman–Crippen MR) is 117 cm³/mol. The van der Waals surface area contributed by atoms with Crippen LogP contribution in [0.4, 0.5) is 13.2 Å². The molecule has 4 aromatic rings. The lowest BCUT2D eigenvalue weighted by Gasteiger charge is -2.23. The van der Waals surface area contributed by atoms with Gasteiger partial charge in [0.1, 0.15) is 5.57 Å². The number of rotatable bonds is 4. The fraction of sp³-hybridized carbons (Fsp3) is 0.125. The quantitative estimate of drug-likeness (QED) is 0.409. The number of aryl methyl sites for hydroxylation is 2. The number of alkyl halides is 3. The lowest BCUT2D eigenvalue weighted by Crippen LogP contribution is -2.29.